The molecule has 0 spiro atoms. The quantitative estimate of drug-likeness (QED) is 0.863. The minimum Gasteiger partial charge on any atom is -0.327 e. The molecule has 1 heterocycles. The number of benzene rings is 1. The Morgan fingerprint density at radius 3 is 2.67 bits per heavy atom. The van der Waals surface area contributed by atoms with E-state index in [-0.39, 0.29) is 0 Å². The minimum absolute atomic E-state index is 0.335. The molecule has 0 radical (unpaired) electrons. The van der Waals surface area contributed by atoms with Gasteiger partial charge < -0.3 is 5.73 Å². The lowest BCUT2D eigenvalue weighted by Crippen LogP contribution is -2.39. The largest absolute Gasteiger partial charge is 0.327 e. The van der Waals surface area contributed by atoms with Gasteiger partial charge in [0.05, 0.1) is 0 Å². The third-order valence-electron chi connectivity index (χ3n) is 3.59. The third kappa shape index (κ3) is 3.69. The zero-order chi connectivity index (χ0) is 12.8. The number of rotatable bonds is 5. The standard InChI is InChI=1S/C16H24N2/c1-2-6-16(17)13-18-11-9-15(10-12-18)14-7-4-3-5-8-14/h3-5,7-9,16H,2,6,10-13,17H2,1H3/t16-/m1/s1. The van der Waals surface area contributed by atoms with E-state index in [9.17, 15) is 0 Å². The predicted octanol–water partition coefficient (Wildman–Crippen LogP) is 2.90. The Hall–Kier alpha value is -1.12. The Balaban J connectivity index is 1.88. The number of hydrogen-bond donors (Lipinski definition) is 1. The summed E-state index contributed by atoms with van der Waals surface area (Å²) in [5.41, 5.74) is 8.95. The van der Waals surface area contributed by atoms with Gasteiger partial charge in [-0.1, -0.05) is 49.8 Å². The average Bonchev–Trinajstić information content (AvgIpc) is 2.41. The maximum atomic E-state index is 6.10. The van der Waals surface area contributed by atoms with Gasteiger partial charge in [0, 0.05) is 25.7 Å². The summed E-state index contributed by atoms with van der Waals surface area (Å²) < 4.78 is 0. The summed E-state index contributed by atoms with van der Waals surface area (Å²) >= 11 is 0. The van der Waals surface area contributed by atoms with Crippen molar-refractivity contribution in [3.8, 4) is 0 Å². The first-order chi connectivity index (χ1) is 8.79. The van der Waals surface area contributed by atoms with Gasteiger partial charge in [-0.15, -0.1) is 0 Å². The molecular weight excluding hydrogens is 220 g/mol. The first-order valence-electron chi connectivity index (χ1n) is 7.02. The van der Waals surface area contributed by atoms with E-state index in [1.54, 1.807) is 0 Å². The number of nitrogens with two attached hydrogens (primary N) is 1. The van der Waals surface area contributed by atoms with Crippen LogP contribution in [0.1, 0.15) is 31.7 Å². The molecule has 0 aromatic heterocycles. The molecule has 0 saturated heterocycles. The van der Waals surface area contributed by atoms with Crippen LogP contribution in [-0.2, 0) is 0 Å². The molecule has 2 N–H and O–H groups in total. The smallest absolute Gasteiger partial charge is 0.0169 e. The molecule has 0 bridgehead atoms. The van der Waals surface area contributed by atoms with Crippen LogP contribution in [-0.4, -0.2) is 30.6 Å². The van der Waals surface area contributed by atoms with Crippen LogP contribution in [0.3, 0.4) is 0 Å². The van der Waals surface area contributed by atoms with Crippen molar-refractivity contribution >= 4 is 5.57 Å². The van der Waals surface area contributed by atoms with E-state index in [0.29, 0.717) is 6.04 Å². The molecule has 0 saturated carbocycles. The molecular formula is C16H24N2. The minimum atomic E-state index is 0.335. The Kier molecular flexibility index (Phi) is 4.97. The molecule has 0 aliphatic carbocycles. The molecule has 0 fully saturated rings. The molecule has 18 heavy (non-hydrogen) atoms. The van der Waals surface area contributed by atoms with Gasteiger partial charge in [0.25, 0.3) is 0 Å². The van der Waals surface area contributed by atoms with Crippen molar-refractivity contribution < 1.29 is 0 Å². The van der Waals surface area contributed by atoms with Crippen molar-refractivity contribution in [3.63, 3.8) is 0 Å². The van der Waals surface area contributed by atoms with Crippen molar-refractivity contribution in [2.75, 3.05) is 19.6 Å². The molecule has 1 aliphatic rings. The molecule has 1 atom stereocenters. The fourth-order valence-electron chi connectivity index (χ4n) is 2.59. The predicted molar refractivity (Wildman–Crippen MR) is 78.4 cm³/mol. The normalized spacial score (nSPS) is 18.4. The molecule has 0 amide bonds. The van der Waals surface area contributed by atoms with Crippen LogP contribution in [0.5, 0.6) is 0 Å². The van der Waals surface area contributed by atoms with Gasteiger partial charge in [0.2, 0.25) is 0 Å². The highest BCUT2D eigenvalue weighted by atomic mass is 15.1. The maximum Gasteiger partial charge on any atom is 0.0169 e. The first-order valence-corrected chi connectivity index (χ1v) is 7.02. The summed E-state index contributed by atoms with van der Waals surface area (Å²) in [5, 5.41) is 0. The molecule has 98 valence electrons. The SMILES string of the molecule is CCC[C@@H](N)CN1CC=C(c2ccccc2)CC1. The lowest BCUT2D eigenvalue weighted by Gasteiger charge is -2.28. The molecule has 2 nitrogen and oxygen atoms in total. The van der Waals surface area contributed by atoms with Gasteiger partial charge in [0.1, 0.15) is 0 Å². The van der Waals surface area contributed by atoms with Crippen molar-refractivity contribution in [2.24, 2.45) is 5.73 Å². The fraction of sp³-hybridized carbons (Fsp3) is 0.500. The topological polar surface area (TPSA) is 29.3 Å². The van der Waals surface area contributed by atoms with Crippen LogP contribution in [0, 0.1) is 0 Å². The van der Waals surface area contributed by atoms with Crippen molar-refractivity contribution in [2.45, 2.75) is 32.2 Å². The second-order valence-corrected chi connectivity index (χ2v) is 5.15. The fourth-order valence-corrected chi connectivity index (χ4v) is 2.59. The summed E-state index contributed by atoms with van der Waals surface area (Å²) in [7, 11) is 0. The third-order valence-corrected chi connectivity index (χ3v) is 3.59. The van der Waals surface area contributed by atoms with Crippen molar-refractivity contribution in [3.05, 3.63) is 42.0 Å². The molecule has 2 rings (SSSR count). The zero-order valence-electron chi connectivity index (χ0n) is 11.3. The van der Waals surface area contributed by atoms with Gasteiger partial charge >= 0.3 is 0 Å². The number of nitrogens with zero attached hydrogens (tertiary/aromatic N) is 1. The van der Waals surface area contributed by atoms with E-state index in [1.807, 2.05) is 0 Å². The Morgan fingerprint density at radius 2 is 2.06 bits per heavy atom. The van der Waals surface area contributed by atoms with Crippen LogP contribution < -0.4 is 5.73 Å². The second kappa shape index (κ2) is 6.72. The van der Waals surface area contributed by atoms with E-state index < -0.39 is 0 Å². The van der Waals surface area contributed by atoms with Crippen molar-refractivity contribution in [1.29, 1.82) is 0 Å². The van der Waals surface area contributed by atoms with Gasteiger partial charge in [-0.2, -0.15) is 0 Å². The van der Waals surface area contributed by atoms with E-state index in [2.05, 4.69) is 48.2 Å². The second-order valence-electron chi connectivity index (χ2n) is 5.15. The number of hydrogen-bond acceptors (Lipinski definition) is 2. The van der Waals surface area contributed by atoms with E-state index in [0.717, 1.165) is 32.5 Å². The highest BCUT2D eigenvalue weighted by Gasteiger charge is 2.14. The van der Waals surface area contributed by atoms with E-state index in [1.165, 1.54) is 17.6 Å². The summed E-state index contributed by atoms with van der Waals surface area (Å²) in [6.07, 6.45) is 5.81. The van der Waals surface area contributed by atoms with Crippen LogP contribution in [0.25, 0.3) is 5.57 Å². The lowest BCUT2D eigenvalue weighted by atomic mass is 9.99. The lowest BCUT2D eigenvalue weighted by molar-refractivity contribution is 0.276. The van der Waals surface area contributed by atoms with Gasteiger partial charge in [0.15, 0.2) is 0 Å². The summed E-state index contributed by atoms with van der Waals surface area (Å²) in [5.74, 6) is 0. The average molecular weight is 244 g/mol. The van der Waals surface area contributed by atoms with Gasteiger partial charge in [-0.3, -0.25) is 4.90 Å². The highest BCUT2D eigenvalue weighted by molar-refractivity contribution is 5.66. The summed E-state index contributed by atoms with van der Waals surface area (Å²) in [4.78, 5) is 2.47. The van der Waals surface area contributed by atoms with Crippen LogP contribution in [0.2, 0.25) is 0 Å². The Labute approximate surface area is 110 Å². The molecule has 1 aromatic carbocycles. The first kappa shape index (κ1) is 13.3. The Bertz CT molecular complexity index is 383. The van der Waals surface area contributed by atoms with Gasteiger partial charge in [-0.25, -0.2) is 0 Å². The molecule has 1 aromatic rings. The van der Waals surface area contributed by atoms with Gasteiger partial charge in [-0.05, 0) is 24.0 Å². The van der Waals surface area contributed by atoms with Crippen LogP contribution in [0.4, 0.5) is 0 Å². The Morgan fingerprint density at radius 1 is 1.28 bits per heavy atom. The highest BCUT2D eigenvalue weighted by Crippen LogP contribution is 2.21. The zero-order valence-corrected chi connectivity index (χ0v) is 11.3. The van der Waals surface area contributed by atoms with Crippen LogP contribution >= 0.6 is 0 Å². The molecule has 0 unspecified atom stereocenters. The van der Waals surface area contributed by atoms with Crippen molar-refractivity contribution in [1.82, 2.24) is 4.90 Å². The maximum absolute atomic E-state index is 6.10. The molecule has 2 heteroatoms. The molecule has 1 aliphatic heterocycles. The summed E-state index contributed by atoms with van der Waals surface area (Å²) in [6, 6.07) is 11.0. The monoisotopic (exact) mass is 244 g/mol. The summed E-state index contributed by atoms with van der Waals surface area (Å²) in [6.45, 7) is 5.41. The van der Waals surface area contributed by atoms with Crippen LogP contribution in [0.15, 0.2) is 36.4 Å². The van der Waals surface area contributed by atoms with E-state index >= 15 is 0 Å². The van der Waals surface area contributed by atoms with E-state index in [4.69, 9.17) is 5.73 Å².